The van der Waals surface area contributed by atoms with Crippen molar-refractivity contribution in [2.24, 2.45) is 0 Å². The van der Waals surface area contributed by atoms with E-state index in [2.05, 4.69) is 27.8 Å². The predicted molar refractivity (Wildman–Crippen MR) is 89.5 cm³/mol. The largest absolute Gasteiger partial charge is 0.494 e. The number of thiophene rings is 1. The minimum absolute atomic E-state index is 0.0239. The van der Waals surface area contributed by atoms with Gasteiger partial charge >= 0.3 is 0 Å². The van der Waals surface area contributed by atoms with Gasteiger partial charge in [-0.2, -0.15) is 0 Å². The van der Waals surface area contributed by atoms with Crippen LogP contribution in [-0.2, 0) is 0 Å². The van der Waals surface area contributed by atoms with Gasteiger partial charge in [-0.3, -0.25) is 4.79 Å². The highest BCUT2D eigenvalue weighted by Crippen LogP contribution is 2.28. The normalized spacial score (nSPS) is 11.0. The van der Waals surface area contributed by atoms with Crippen LogP contribution >= 0.6 is 27.3 Å². The van der Waals surface area contributed by atoms with Crippen molar-refractivity contribution in [3.63, 3.8) is 0 Å². The number of nitrogens with one attached hydrogen (secondary N) is 1. The third-order valence-electron chi connectivity index (χ3n) is 3.20. The van der Waals surface area contributed by atoms with Gasteiger partial charge in [-0.05, 0) is 46.6 Å². The Labute approximate surface area is 135 Å². The highest BCUT2D eigenvalue weighted by atomic mass is 79.9. The average Bonchev–Trinajstić information content (AvgIpc) is 3.10. The first-order valence-electron chi connectivity index (χ1n) is 6.71. The van der Waals surface area contributed by atoms with Crippen LogP contribution in [0.1, 0.15) is 29.3 Å². The summed E-state index contributed by atoms with van der Waals surface area (Å²) in [7, 11) is 0. The minimum Gasteiger partial charge on any atom is -0.494 e. The Morgan fingerprint density at radius 3 is 2.95 bits per heavy atom. The van der Waals surface area contributed by atoms with Crippen LogP contribution in [0.2, 0.25) is 0 Å². The van der Waals surface area contributed by atoms with Gasteiger partial charge in [0.15, 0.2) is 5.78 Å². The van der Waals surface area contributed by atoms with Crippen LogP contribution in [0.3, 0.4) is 0 Å². The highest BCUT2D eigenvalue weighted by molar-refractivity contribution is 9.11. The fourth-order valence-electron chi connectivity index (χ4n) is 2.18. The minimum atomic E-state index is 0.0239. The molecule has 0 aliphatic rings. The van der Waals surface area contributed by atoms with Crippen LogP contribution in [0.4, 0.5) is 0 Å². The van der Waals surface area contributed by atoms with Crippen molar-refractivity contribution in [3.05, 3.63) is 50.8 Å². The number of ketones is 1. The van der Waals surface area contributed by atoms with Gasteiger partial charge < -0.3 is 9.72 Å². The molecule has 0 atom stereocenters. The molecule has 0 radical (unpaired) electrons. The molecule has 0 amide bonds. The zero-order valence-electron chi connectivity index (χ0n) is 11.5. The van der Waals surface area contributed by atoms with Crippen LogP contribution in [-0.4, -0.2) is 17.4 Å². The van der Waals surface area contributed by atoms with Gasteiger partial charge in [0.25, 0.3) is 0 Å². The lowest BCUT2D eigenvalue weighted by atomic mass is 10.1. The first-order valence-corrected chi connectivity index (χ1v) is 8.39. The van der Waals surface area contributed by atoms with E-state index in [1.54, 1.807) is 6.20 Å². The molecule has 0 bridgehead atoms. The quantitative estimate of drug-likeness (QED) is 0.647. The van der Waals surface area contributed by atoms with E-state index in [9.17, 15) is 4.79 Å². The summed E-state index contributed by atoms with van der Waals surface area (Å²) in [6, 6.07) is 7.64. The second kappa shape index (κ2) is 6.03. The summed E-state index contributed by atoms with van der Waals surface area (Å²) in [5, 5.41) is 2.76. The first kappa shape index (κ1) is 14.4. The number of ether oxygens (including phenoxy) is 1. The molecule has 5 heteroatoms. The van der Waals surface area contributed by atoms with Gasteiger partial charge in [0.05, 0.1) is 10.4 Å². The monoisotopic (exact) mass is 363 g/mol. The third-order valence-corrected chi connectivity index (χ3v) is 4.70. The molecule has 3 rings (SSSR count). The van der Waals surface area contributed by atoms with Gasteiger partial charge in [-0.1, -0.05) is 6.92 Å². The number of carbonyl (C=O) groups excluding carboxylic acids is 1. The number of aromatic amines is 1. The maximum atomic E-state index is 12.6. The van der Waals surface area contributed by atoms with Gasteiger partial charge in [-0.25, -0.2) is 0 Å². The standard InChI is InChI=1S/C16H14BrNO2S/c1-2-5-20-11-3-4-14-12(7-11)13(8-18-14)16(19)10-6-15(17)21-9-10/h3-4,6-9,18H,2,5H2,1H3. The SMILES string of the molecule is CCCOc1ccc2[nH]cc(C(=O)c3csc(Br)c3)c2c1. The Balaban J connectivity index is 2.00. The van der Waals surface area contributed by atoms with Crippen molar-refractivity contribution in [1.29, 1.82) is 0 Å². The second-order valence-corrected chi connectivity index (χ2v) is 7.02. The molecule has 0 saturated heterocycles. The van der Waals surface area contributed by atoms with Crippen molar-refractivity contribution in [1.82, 2.24) is 4.98 Å². The third kappa shape index (κ3) is 2.89. The van der Waals surface area contributed by atoms with Crippen molar-refractivity contribution < 1.29 is 9.53 Å². The van der Waals surface area contributed by atoms with Crippen LogP contribution < -0.4 is 4.74 Å². The number of hydrogen-bond donors (Lipinski definition) is 1. The maximum absolute atomic E-state index is 12.6. The van der Waals surface area contributed by atoms with E-state index in [1.807, 2.05) is 29.6 Å². The van der Waals surface area contributed by atoms with Crippen LogP contribution in [0, 0.1) is 0 Å². The number of halogens is 1. The smallest absolute Gasteiger partial charge is 0.196 e. The molecule has 0 fully saturated rings. The summed E-state index contributed by atoms with van der Waals surface area (Å²) in [5.41, 5.74) is 2.32. The summed E-state index contributed by atoms with van der Waals surface area (Å²) < 4.78 is 6.60. The van der Waals surface area contributed by atoms with Gasteiger partial charge in [0, 0.05) is 33.6 Å². The summed E-state index contributed by atoms with van der Waals surface area (Å²) in [6.45, 7) is 2.74. The number of hydrogen-bond acceptors (Lipinski definition) is 3. The molecule has 108 valence electrons. The van der Waals surface area contributed by atoms with Gasteiger partial charge in [0.1, 0.15) is 5.75 Å². The molecule has 0 saturated carbocycles. The molecular weight excluding hydrogens is 350 g/mol. The van der Waals surface area contributed by atoms with E-state index < -0.39 is 0 Å². The Hall–Kier alpha value is -1.59. The molecule has 1 N–H and O–H groups in total. The van der Waals surface area contributed by atoms with Gasteiger partial charge in [0.2, 0.25) is 0 Å². The van der Waals surface area contributed by atoms with Crippen molar-refractivity contribution in [2.75, 3.05) is 6.61 Å². The summed E-state index contributed by atoms with van der Waals surface area (Å²) >= 11 is 4.90. The van der Waals surface area contributed by atoms with Crippen LogP contribution in [0.25, 0.3) is 10.9 Å². The lowest BCUT2D eigenvalue weighted by Gasteiger charge is -2.04. The number of benzene rings is 1. The molecule has 21 heavy (non-hydrogen) atoms. The first-order chi connectivity index (χ1) is 10.2. The number of fused-ring (bicyclic) bond motifs is 1. The molecule has 2 heterocycles. The van der Waals surface area contributed by atoms with Crippen molar-refractivity contribution in [2.45, 2.75) is 13.3 Å². The van der Waals surface area contributed by atoms with E-state index in [0.29, 0.717) is 17.7 Å². The topological polar surface area (TPSA) is 42.1 Å². The Bertz CT molecular complexity index is 791. The van der Waals surface area contributed by atoms with E-state index in [1.165, 1.54) is 11.3 Å². The van der Waals surface area contributed by atoms with Crippen LogP contribution in [0.15, 0.2) is 39.6 Å². The lowest BCUT2D eigenvalue weighted by Crippen LogP contribution is -1.98. The zero-order valence-corrected chi connectivity index (χ0v) is 13.9. The van der Waals surface area contributed by atoms with E-state index >= 15 is 0 Å². The molecule has 0 unspecified atom stereocenters. The molecule has 3 nitrogen and oxygen atoms in total. The zero-order chi connectivity index (χ0) is 14.8. The number of aromatic nitrogens is 1. The molecular formula is C16H14BrNO2S. The maximum Gasteiger partial charge on any atom is 0.196 e. The summed E-state index contributed by atoms with van der Waals surface area (Å²) in [4.78, 5) is 15.7. The highest BCUT2D eigenvalue weighted by Gasteiger charge is 2.16. The predicted octanol–water partition coefficient (Wildman–Crippen LogP) is 5.01. The second-order valence-electron chi connectivity index (χ2n) is 4.73. The van der Waals surface area contributed by atoms with E-state index in [0.717, 1.165) is 26.9 Å². The lowest BCUT2D eigenvalue weighted by molar-refractivity contribution is 0.104. The molecule has 0 aliphatic heterocycles. The summed E-state index contributed by atoms with van der Waals surface area (Å²) in [5.74, 6) is 0.820. The fourth-order valence-corrected chi connectivity index (χ4v) is 3.32. The Kier molecular flexibility index (Phi) is 4.12. The van der Waals surface area contributed by atoms with E-state index in [4.69, 9.17) is 4.74 Å². The molecule has 3 aromatic rings. The molecule has 2 aromatic heterocycles. The van der Waals surface area contributed by atoms with Crippen molar-refractivity contribution in [3.8, 4) is 5.75 Å². The Morgan fingerprint density at radius 2 is 2.24 bits per heavy atom. The van der Waals surface area contributed by atoms with E-state index in [-0.39, 0.29) is 5.78 Å². The molecule has 0 spiro atoms. The fraction of sp³-hybridized carbons (Fsp3) is 0.188. The number of H-pyrrole nitrogens is 1. The number of rotatable bonds is 5. The Morgan fingerprint density at radius 1 is 1.38 bits per heavy atom. The summed E-state index contributed by atoms with van der Waals surface area (Å²) in [6.07, 6.45) is 2.72. The van der Waals surface area contributed by atoms with Crippen molar-refractivity contribution >= 4 is 44.0 Å². The average molecular weight is 364 g/mol. The number of carbonyl (C=O) groups is 1. The van der Waals surface area contributed by atoms with Gasteiger partial charge in [-0.15, -0.1) is 11.3 Å². The van der Waals surface area contributed by atoms with Crippen LogP contribution in [0.5, 0.6) is 5.75 Å². The molecule has 0 aliphatic carbocycles. The molecule has 1 aromatic carbocycles.